The first-order chi connectivity index (χ1) is 8.13. The number of hydrogen-bond donors (Lipinski definition) is 1. The van der Waals surface area contributed by atoms with Crippen molar-refractivity contribution in [2.75, 3.05) is 40.3 Å². The normalized spacial score (nSPS) is 10.9. The van der Waals surface area contributed by atoms with Gasteiger partial charge in [-0.05, 0) is 44.8 Å². The van der Waals surface area contributed by atoms with Gasteiger partial charge in [-0.2, -0.15) is 0 Å². The number of hydrogen-bond acceptors (Lipinski definition) is 3. The van der Waals surface area contributed by atoms with E-state index in [9.17, 15) is 4.39 Å². The number of aryl methyl sites for hydroxylation is 1. The van der Waals surface area contributed by atoms with Crippen molar-refractivity contribution in [3.63, 3.8) is 0 Å². The molecular formula is C13H21FN2O. The van der Waals surface area contributed by atoms with E-state index in [0.29, 0.717) is 6.61 Å². The van der Waals surface area contributed by atoms with Gasteiger partial charge >= 0.3 is 0 Å². The Hall–Kier alpha value is -1.13. The van der Waals surface area contributed by atoms with E-state index in [-0.39, 0.29) is 5.82 Å². The van der Waals surface area contributed by atoms with Gasteiger partial charge in [0.1, 0.15) is 18.2 Å². The highest BCUT2D eigenvalue weighted by molar-refractivity contribution is 5.32. The van der Waals surface area contributed by atoms with Crippen LogP contribution in [0, 0.1) is 12.7 Å². The molecule has 1 rings (SSSR count). The molecule has 0 aliphatic rings. The third-order valence-corrected chi connectivity index (χ3v) is 2.61. The van der Waals surface area contributed by atoms with Crippen LogP contribution in [0.5, 0.6) is 5.75 Å². The Kier molecular flexibility index (Phi) is 5.94. The number of halogens is 1. The summed E-state index contributed by atoms with van der Waals surface area (Å²) in [4.78, 5) is 2.19. The van der Waals surface area contributed by atoms with Gasteiger partial charge in [0.25, 0.3) is 0 Å². The second kappa shape index (κ2) is 7.25. The van der Waals surface area contributed by atoms with Crippen LogP contribution in [-0.2, 0) is 0 Å². The van der Waals surface area contributed by atoms with E-state index in [1.165, 1.54) is 12.1 Å². The molecule has 0 heterocycles. The first-order valence-corrected chi connectivity index (χ1v) is 5.85. The van der Waals surface area contributed by atoms with Crippen LogP contribution >= 0.6 is 0 Å². The summed E-state index contributed by atoms with van der Waals surface area (Å²) in [5.74, 6) is 0.536. The molecule has 4 heteroatoms. The fraction of sp³-hybridized carbons (Fsp3) is 0.538. The lowest BCUT2D eigenvalue weighted by atomic mass is 10.2. The first kappa shape index (κ1) is 13.9. The number of rotatable bonds is 7. The standard InChI is InChI=1S/C13H21FN2O/c1-11-10-12(14)4-5-13(11)17-9-8-16(3)7-6-15-2/h4-5,10,15H,6-9H2,1-3H3. The van der Waals surface area contributed by atoms with Gasteiger partial charge in [-0.15, -0.1) is 0 Å². The molecule has 17 heavy (non-hydrogen) atoms. The van der Waals surface area contributed by atoms with Crippen LogP contribution in [0.3, 0.4) is 0 Å². The molecule has 0 atom stereocenters. The van der Waals surface area contributed by atoms with E-state index in [4.69, 9.17) is 4.74 Å². The number of nitrogens with one attached hydrogen (secondary N) is 1. The minimum atomic E-state index is -0.221. The summed E-state index contributed by atoms with van der Waals surface area (Å²) in [5.41, 5.74) is 0.836. The van der Waals surface area contributed by atoms with Crippen LogP contribution in [-0.4, -0.2) is 45.2 Å². The van der Waals surface area contributed by atoms with Crippen LogP contribution in [0.4, 0.5) is 4.39 Å². The van der Waals surface area contributed by atoms with Crippen molar-refractivity contribution in [1.29, 1.82) is 0 Å². The van der Waals surface area contributed by atoms with Crippen LogP contribution in [0.15, 0.2) is 18.2 Å². The molecular weight excluding hydrogens is 219 g/mol. The van der Waals surface area contributed by atoms with Gasteiger partial charge in [0.15, 0.2) is 0 Å². The molecule has 0 fully saturated rings. The molecule has 1 aromatic rings. The largest absolute Gasteiger partial charge is 0.492 e. The fourth-order valence-corrected chi connectivity index (χ4v) is 1.50. The third kappa shape index (κ3) is 5.15. The van der Waals surface area contributed by atoms with Crippen molar-refractivity contribution < 1.29 is 9.13 Å². The molecule has 0 saturated heterocycles. The van der Waals surface area contributed by atoms with Crippen molar-refractivity contribution in [3.8, 4) is 5.75 Å². The summed E-state index contributed by atoms with van der Waals surface area (Å²) in [6, 6.07) is 4.59. The lowest BCUT2D eigenvalue weighted by molar-refractivity contribution is 0.237. The average Bonchev–Trinajstić information content (AvgIpc) is 2.29. The SMILES string of the molecule is CNCCN(C)CCOc1ccc(F)cc1C. The highest BCUT2D eigenvalue weighted by Crippen LogP contribution is 2.18. The van der Waals surface area contributed by atoms with Crippen LogP contribution < -0.4 is 10.1 Å². The van der Waals surface area contributed by atoms with Gasteiger partial charge in [-0.25, -0.2) is 4.39 Å². The van der Waals surface area contributed by atoms with Gasteiger partial charge in [-0.1, -0.05) is 0 Å². The second-order valence-electron chi connectivity index (χ2n) is 4.17. The minimum Gasteiger partial charge on any atom is -0.492 e. The monoisotopic (exact) mass is 240 g/mol. The van der Waals surface area contributed by atoms with Crippen LogP contribution in [0.2, 0.25) is 0 Å². The summed E-state index contributed by atoms with van der Waals surface area (Å²) in [5, 5.41) is 3.10. The molecule has 0 aromatic heterocycles. The second-order valence-corrected chi connectivity index (χ2v) is 4.17. The Morgan fingerprint density at radius 3 is 2.76 bits per heavy atom. The molecule has 0 unspecified atom stereocenters. The van der Waals surface area contributed by atoms with Gasteiger partial charge in [0.2, 0.25) is 0 Å². The van der Waals surface area contributed by atoms with E-state index in [0.717, 1.165) is 30.9 Å². The Labute approximate surface area is 103 Å². The topological polar surface area (TPSA) is 24.5 Å². The zero-order chi connectivity index (χ0) is 12.7. The highest BCUT2D eigenvalue weighted by atomic mass is 19.1. The molecule has 1 aromatic carbocycles. The molecule has 0 radical (unpaired) electrons. The van der Waals surface area contributed by atoms with Crippen molar-refractivity contribution in [2.24, 2.45) is 0 Å². The zero-order valence-corrected chi connectivity index (χ0v) is 10.8. The summed E-state index contributed by atoms with van der Waals surface area (Å²) in [6.45, 7) is 5.28. The Balaban J connectivity index is 2.30. The number of benzene rings is 1. The summed E-state index contributed by atoms with van der Waals surface area (Å²) < 4.78 is 18.5. The molecule has 0 aliphatic carbocycles. The predicted octanol–water partition coefficient (Wildman–Crippen LogP) is 1.66. The number of likely N-dealkylation sites (N-methyl/N-ethyl adjacent to an activating group) is 2. The molecule has 1 N–H and O–H groups in total. The lowest BCUT2D eigenvalue weighted by Crippen LogP contribution is -2.30. The van der Waals surface area contributed by atoms with E-state index < -0.39 is 0 Å². The summed E-state index contributed by atoms with van der Waals surface area (Å²) in [6.07, 6.45) is 0. The van der Waals surface area contributed by atoms with Gasteiger partial charge < -0.3 is 15.0 Å². The highest BCUT2D eigenvalue weighted by Gasteiger charge is 2.02. The Morgan fingerprint density at radius 2 is 2.12 bits per heavy atom. The molecule has 0 bridgehead atoms. The van der Waals surface area contributed by atoms with Gasteiger partial charge in [-0.3, -0.25) is 0 Å². The molecule has 0 saturated carbocycles. The zero-order valence-electron chi connectivity index (χ0n) is 10.8. The Morgan fingerprint density at radius 1 is 1.35 bits per heavy atom. The van der Waals surface area contributed by atoms with Gasteiger partial charge in [0, 0.05) is 19.6 Å². The van der Waals surface area contributed by atoms with Crippen molar-refractivity contribution >= 4 is 0 Å². The van der Waals surface area contributed by atoms with Gasteiger partial charge in [0.05, 0.1) is 0 Å². The summed E-state index contributed by atoms with van der Waals surface area (Å²) in [7, 11) is 3.99. The molecule has 0 aliphatic heterocycles. The molecule has 96 valence electrons. The Bertz CT molecular complexity index is 344. The van der Waals surface area contributed by atoms with E-state index in [2.05, 4.69) is 17.3 Å². The predicted molar refractivity (Wildman–Crippen MR) is 68.1 cm³/mol. The minimum absolute atomic E-state index is 0.221. The molecule has 0 amide bonds. The molecule has 3 nitrogen and oxygen atoms in total. The smallest absolute Gasteiger partial charge is 0.123 e. The first-order valence-electron chi connectivity index (χ1n) is 5.85. The van der Waals surface area contributed by atoms with E-state index in [1.807, 2.05) is 14.0 Å². The lowest BCUT2D eigenvalue weighted by Gasteiger charge is -2.17. The average molecular weight is 240 g/mol. The summed E-state index contributed by atoms with van der Waals surface area (Å²) >= 11 is 0. The van der Waals surface area contributed by atoms with Crippen molar-refractivity contribution in [3.05, 3.63) is 29.6 Å². The maximum atomic E-state index is 12.9. The van der Waals surface area contributed by atoms with Crippen LogP contribution in [0.25, 0.3) is 0 Å². The van der Waals surface area contributed by atoms with Crippen molar-refractivity contribution in [2.45, 2.75) is 6.92 Å². The van der Waals surface area contributed by atoms with Crippen LogP contribution in [0.1, 0.15) is 5.56 Å². The number of ether oxygens (including phenoxy) is 1. The fourth-order valence-electron chi connectivity index (χ4n) is 1.50. The van der Waals surface area contributed by atoms with E-state index in [1.54, 1.807) is 6.07 Å². The quantitative estimate of drug-likeness (QED) is 0.784. The maximum absolute atomic E-state index is 12.9. The van der Waals surface area contributed by atoms with Crippen molar-refractivity contribution in [1.82, 2.24) is 10.2 Å². The molecule has 0 spiro atoms. The number of nitrogens with zero attached hydrogens (tertiary/aromatic N) is 1. The third-order valence-electron chi connectivity index (χ3n) is 2.61. The van der Waals surface area contributed by atoms with E-state index >= 15 is 0 Å². The maximum Gasteiger partial charge on any atom is 0.123 e.